The SMILES string of the molecule is C[NH+](CCOc1ccc(Cl)cc1)Cn1nc(-c2sc3ccccc3c2Cl)oc1=S. The van der Waals surface area contributed by atoms with Gasteiger partial charge in [-0.05, 0) is 42.5 Å². The van der Waals surface area contributed by atoms with Crippen LogP contribution in [0.25, 0.3) is 20.9 Å². The molecule has 9 heteroatoms. The van der Waals surface area contributed by atoms with Crippen molar-refractivity contribution < 1.29 is 14.1 Å². The Bertz CT molecular complexity index is 1180. The number of likely N-dealkylation sites (N-methyl/N-ethyl adjacent to an activating group) is 1. The predicted molar refractivity (Wildman–Crippen MR) is 120 cm³/mol. The molecular weight excluding hydrogens is 449 g/mol. The molecule has 0 saturated heterocycles. The minimum atomic E-state index is 0.325. The van der Waals surface area contributed by atoms with Crippen LogP contribution in [0.4, 0.5) is 0 Å². The highest BCUT2D eigenvalue weighted by Gasteiger charge is 2.18. The van der Waals surface area contributed by atoms with Gasteiger partial charge in [0, 0.05) is 15.1 Å². The first-order valence-electron chi connectivity index (χ1n) is 8.96. The largest absolute Gasteiger partial charge is 0.488 e. The summed E-state index contributed by atoms with van der Waals surface area (Å²) in [6.45, 7) is 1.90. The highest BCUT2D eigenvalue weighted by molar-refractivity contribution is 7.71. The lowest BCUT2D eigenvalue weighted by Gasteiger charge is -2.13. The number of aromatic nitrogens is 2. The first-order chi connectivity index (χ1) is 14.0. The Morgan fingerprint density at radius 1 is 1.17 bits per heavy atom. The van der Waals surface area contributed by atoms with Crippen molar-refractivity contribution in [3.05, 3.63) is 63.4 Å². The zero-order chi connectivity index (χ0) is 20.4. The van der Waals surface area contributed by atoms with Crippen LogP contribution in [-0.4, -0.2) is 30.0 Å². The molecule has 4 rings (SSSR count). The maximum atomic E-state index is 6.53. The molecule has 2 heterocycles. The molecule has 0 fully saturated rings. The molecule has 2 aromatic carbocycles. The predicted octanol–water partition coefficient (Wildman–Crippen LogP) is 4.95. The van der Waals surface area contributed by atoms with Crippen molar-refractivity contribution in [2.75, 3.05) is 20.2 Å². The fraction of sp³-hybridized carbons (Fsp3) is 0.200. The van der Waals surface area contributed by atoms with Crippen LogP contribution in [0.3, 0.4) is 0 Å². The summed E-state index contributed by atoms with van der Waals surface area (Å²) in [5.41, 5.74) is 0. The normalized spacial score (nSPS) is 12.4. The number of quaternary nitrogens is 1. The molecule has 29 heavy (non-hydrogen) atoms. The first-order valence-corrected chi connectivity index (χ1v) is 10.9. The minimum Gasteiger partial charge on any atom is -0.488 e. The molecule has 0 aliphatic rings. The topological polar surface area (TPSA) is 44.6 Å². The number of ether oxygens (including phenoxy) is 1. The maximum Gasteiger partial charge on any atom is 0.292 e. The lowest BCUT2D eigenvalue weighted by Crippen LogP contribution is -3.09. The summed E-state index contributed by atoms with van der Waals surface area (Å²) >= 11 is 19.3. The summed E-state index contributed by atoms with van der Waals surface area (Å²) in [6, 6.07) is 15.3. The molecule has 1 N–H and O–H groups in total. The van der Waals surface area contributed by atoms with Gasteiger partial charge in [0.1, 0.15) is 23.8 Å². The van der Waals surface area contributed by atoms with Crippen LogP contribution in [-0.2, 0) is 6.67 Å². The zero-order valence-electron chi connectivity index (χ0n) is 15.5. The second-order valence-electron chi connectivity index (χ2n) is 6.58. The van der Waals surface area contributed by atoms with E-state index in [1.54, 1.807) is 16.0 Å². The molecule has 0 spiro atoms. The zero-order valence-corrected chi connectivity index (χ0v) is 18.7. The Labute approximate surface area is 187 Å². The third-order valence-electron chi connectivity index (χ3n) is 4.37. The number of halogens is 2. The van der Waals surface area contributed by atoms with Gasteiger partial charge in [-0.1, -0.05) is 41.4 Å². The summed E-state index contributed by atoms with van der Waals surface area (Å²) in [6.07, 6.45) is 0. The molecule has 1 atom stereocenters. The Morgan fingerprint density at radius 2 is 1.93 bits per heavy atom. The third-order valence-corrected chi connectivity index (χ3v) is 6.58. The number of thiophene rings is 1. The van der Waals surface area contributed by atoms with Crippen molar-refractivity contribution >= 4 is 56.8 Å². The molecule has 1 unspecified atom stereocenters. The average molecular weight is 467 g/mol. The second kappa shape index (κ2) is 8.85. The van der Waals surface area contributed by atoms with E-state index in [0.29, 0.717) is 34.0 Å². The number of fused-ring (bicyclic) bond motifs is 1. The molecule has 0 amide bonds. The van der Waals surface area contributed by atoms with Gasteiger partial charge in [-0.3, -0.25) is 0 Å². The average Bonchev–Trinajstić information content (AvgIpc) is 3.24. The summed E-state index contributed by atoms with van der Waals surface area (Å²) in [4.78, 5) is 2.30. The second-order valence-corrected chi connectivity index (χ2v) is 8.80. The number of nitrogens with one attached hydrogen (secondary N) is 1. The van der Waals surface area contributed by atoms with Gasteiger partial charge in [0.2, 0.25) is 0 Å². The molecule has 0 saturated carbocycles. The molecule has 4 aromatic rings. The van der Waals surface area contributed by atoms with Crippen LogP contribution in [0.15, 0.2) is 52.9 Å². The lowest BCUT2D eigenvalue weighted by molar-refractivity contribution is -0.903. The van der Waals surface area contributed by atoms with Crippen molar-refractivity contribution in [2.24, 2.45) is 0 Å². The van der Waals surface area contributed by atoms with Gasteiger partial charge in [0.05, 0.1) is 12.1 Å². The van der Waals surface area contributed by atoms with Gasteiger partial charge in [-0.15, -0.1) is 16.4 Å². The fourth-order valence-corrected chi connectivity index (χ4v) is 4.60. The van der Waals surface area contributed by atoms with Crippen LogP contribution in [0, 0.1) is 4.84 Å². The maximum absolute atomic E-state index is 6.53. The van der Waals surface area contributed by atoms with E-state index < -0.39 is 0 Å². The van der Waals surface area contributed by atoms with Gasteiger partial charge in [-0.25, -0.2) is 0 Å². The summed E-state index contributed by atoms with van der Waals surface area (Å²) in [5, 5.41) is 6.87. The van der Waals surface area contributed by atoms with Crippen LogP contribution in [0.1, 0.15) is 0 Å². The van der Waals surface area contributed by atoms with Crippen molar-refractivity contribution in [2.45, 2.75) is 6.67 Å². The van der Waals surface area contributed by atoms with Crippen molar-refractivity contribution in [3.63, 3.8) is 0 Å². The van der Waals surface area contributed by atoms with E-state index in [9.17, 15) is 0 Å². The number of nitrogens with zero attached hydrogens (tertiary/aromatic N) is 2. The highest BCUT2D eigenvalue weighted by Crippen LogP contribution is 2.41. The van der Waals surface area contributed by atoms with E-state index in [1.807, 2.05) is 55.6 Å². The molecule has 0 radical (unpaired) electrons. The molecule has 2 aromatic heterocycles. The van der Waals surface area contributed by atoms with Gasteiger partial charge in [0.15, 0.2) is 6.67 Å². The third kappa shape index (κ3) is 4.65. The minimum absolute atomic E-state index is 0.325. The van der Waals surface area contributed by atoms with E-state index in [2.05, 4.69) is 5.10 Å². The Hall–Kier alpha value is -1.90. The lowest BCUT2D eigenvalue weighted by atomic mass is 10.2. The van der Waals surface area contributed by atoms with Crippen LogP contribution in [0.2, 0.25) is 10.0 Å². The molecule has 150 valence electrons. The summed E-state index contributed by atoms with van der Waals surface area (Å²) in [5.74, 6) is 1.24. The molecule has 0 aliphatic heterocycles. The monoisotopic (exact) mass is 466 g/mol. The smallest absolute Gasteiger partial charge is 0.292 e. The van der Waals surface area contributed by atoms with Gasteiger partial charge in [-0.2, -0.15) is 4.68 Å². The first kappa shape index (κ1) is 20.4. The van der Waals surface area contributed by atoms with E-state index >= 15 is 0 Å². The summed E-state index contributed by atoms with van der Waals surface area (Å²) < 4.78 is 14.3. The molecule has 0 aliphatic carbocycles. The number of rotatable bonds is 7. The van der Waals surface area contributed by atoms with Crippen LogP contribution < -0.4 is 9.64 Å². The Balaban J connectivity index is 1.41. The van der Waals surface area contributed by atoms with Gasteiger partial charge >= 0.3 is 0 Å². The van der Waals surface area contributed by atoms with Gasteiger partial charge < -0.3 is 14.1 Å². The van der Waals surface area contributed by atoms with Crippen molar-refractivity contribution in [3.8, 4) is 16.5 Å². The van der Waals surface area contributed by atoms with E-state index in [0.717, 1.165) is 27.3 Å². The fourth-order valence-electron chi connectivity index (χ4n) is 2.86. The standard InChI is InChI=1S/C20H17Cl2N3O2S2/c1-24(10-11-26-14-8-6-13(21)7-9-14)12-25-20(28)27-19(23-25)18-17(22)15-4-2-3-5-16(15)29-18/h2-9H,10-12H2,1H3/p+1. The molecule has 0 bridgehead atoms. The van der Waals surface area contributed by atoms with E-state index in [1.165, 1.54) is 4.90 Å². The van der Waals surface area contributed by atoms with Gasteiger partial charge in [0.25, 0.3) is 10.7 Å². The highest BCUT2D eigenvalue weighted by atomic mass is 35.5. The Kier molecular flexibility index (Phi) is 6.22. The number of hydrogen-bond acceptors (Lipinski definition) is 5. The van der Waals surface area contributed by atoms with Crippen LogP contribution in [0.5, 0.6) is 5.75 Å². The Morgan fingerprint density at radius 3 is 2.69 bits per heavy atom. The van der Waals surface area contributed by atoms with E-state index in [-0.39, 0.29) is 0 Å². The van der Waals surface area contributed by atoms with Crippen LogP contribution >= 0.6 is 46.8 Å². The quantitative estimate of drug-likeness (QED) is 0.391. The summed E-state index contributed by atoms with van der Waals surface area (Å²) in [7, 11) is 2.05. The number of benzene rings is 2. The molecular formula is C20H18Cl2N3O2S2+. The van der Waals surface area contributed by atoms with Crippen molar-refractivity contribution in [1.82, 2.24) is 9.78 Å². The van der Waals surface area contributed by atoms with Crippen molar-refractivity contribution in [1.29, 1.82) is 0 Å². The molecule has 5 nitrogen and oxygen atoms in total. The number of hydrogen-bond donors (Lipinski definition) is 1. The van der Waals surface area contributed by atoms with E-state index in [4.69, 9.17) is 44.6 Å².